The number of carboxylic acid groups (broad SMARTS) is 1. The molecule has 1 heterocycles. The quantitative estimate of drug-likeness (QED) is 0.627. The molecule has 1 aromatic rings. The maximum absolute atomic E-state index is 12.5. The average molecular weight is 397 g/mol. The molecule has 0 radical (unpaired) electrons. The van der Waals surface area contributed by atoms with Crippen LogP contribution in [-0.4, -0.2) is 22.4 Å². The summed E-state index contributed by atoms with van der Waals surface area (Å²) < 4.78 is 64.6. The van der Waals surface area contributed by atoms with Crippen LogP contribution in [0.5, 0.6) is 5.75 Å². The fourth-order valence-electron chi connectivity index (χ4n) is 1.19. The molecule has 0 amide bonds. The topological polar surface area (TPSA) is 59.4 Å². The van der Waals surface area contributed by atoms with Gasteiger partial charge in [0.1, 0.15) is 11.4 Å². The van der Waals surface area contributed by atoms with Gasteiger partial charge in [0.25, 0.3) is 6.43 Å². The Morgan fingerprint density at radius 3 is 2.47 bits per heavy atom. The molecule has 0 unspecified atom stereocenters. The van der Waals surface area contributed by atoms with Gasteiger partial charge in [0, 0.05) is 11.8 Å². The number of aliphatic carboxylic acids is 1. The van der Waals surface area contributed by atoms with Crippen molar-refractivity contribution in [2.75, 3.05) is 0 Å². The Morgan fingerprint density at radius 1 is 1.47 bits per heavy atom. The molecular weight excluding hydrogens is 392 g/mol. The van der Waals surface area contributed by atoms with Crippen molar-refractivity contribution in [2.24, 2.45) is 0 Å². The Hall–Kier alpha value is -1.20. The van der Waals surface area contributed by atoms with Gasteiger partial charge in [0.15, 0.2) is 0 Å². The lowest BCUT2D eigenvalue weighted by Crippen LogP contribution is -2.20. The van der Waals surface area contributed by atoms with Crippen LogP contribution in [0.15, 0.2) is 6.20 Å². The smallest absolute Gasteiger partial charge is 0.481 e. The van der Waals surface area contributed by atoms with Gasteiger partial charge >= 0.3 is 12.3 Å². The minimum absolute atomic E-state index is 0.432. The normalized spacial score (nSPS) is 11.7. The van der Waals surface area contributed by atoms with E-state index in [4.69, 9.17) is 5.11 Å². The van der Waals surface area contributed by atoms with Gasteiger partial charge in [0.05, 0.1) is 9.99 Å². The summed E-state index contributed by atoms with van der Waals surface area (Å²) in [6, 6.07) is 0. The van der Waals surface area contributed by atoms with Crippen LogP contribution in [0.3, 0.4) is 0 Å². The van der Waals surface area contributed by atoms with Crippen LogP contribution in [-0.2, 0) is 11.2 Å². The predicted octanol–water partition coefficient (Wildman–Crippen LogP) is 3.15. The third kappa shape index (κ3) is 4.44. The Morgan fingerprint density at radius 2 is 2.05 bits per heavy atom. The Balaban J connectivity index is 3.32. The number of hydrogen-bond acceptors (Lipinski definition) is 3. The van der Waals surface area contributed by atoms with E-state index in [2.05, 4.69) is 9.72 Å². The van der Waals surface area contributed by atoms with Crippen molar-refractivity contribution in [3.63, 3.8) is 0 Å². The number of ether oxygens (including phenoxy) is 1. The van der Waals surface area contributed by atoms with Gasteiger partial charge in [-0.15, -0.1) is 13.2 Å². The van der Waals surface area contributed by atoms with Gasteiger partial charge in [0.2, 0.25) is 0 Å². The third-order valence-corrected chi connectivity index (χ3v) is 2.88. The van der Waals surface area contributed by atoms with Crippen LogP contribution in [0, 0.1) is 3.57 Å². The molecular formula is C9H5F5INO3. The van der Waals surface area contributed by atoms with Crippen molar-refractivity contribution >= 4 is 28.6 Å². The summed E-state index contributed by atoms with van der Waals surface area (Å²) in [5.74, 6) is -2.39. The van der Waals surface area contributed by atoms with E-state index in [-0.39, 0.29) is 0 Å². The molecule has 0 bridgehead atoms. The first-order valence-electron chi connectivity index (χ1n) is 4.54. The van der Waals surface area contributed by atoms with Gasteiger partial charge in [-0.2, -0.15) is 0 Å². The van der Waals surface area contributed by atoms with Gasteiger partial charge in [-0.1, -0.05) is 0 Å². The predicted molar refractivity (Wildman–Crippen MR) is 59.9 cm³/mol. The van der Waals surface area contributed by atoms with E-state index in [1.165, 1.54) is 22.6 Å². The summed E-state index contributed by atoms with van der Waals surface area (Å²) in [6.45, 7) is 0. The van der Waals surface area contributed by atoms with E-state index < -0.39 is 45.8 Å². The number of nitrogens with zero attached hydrogens (tertiary/aromatic N) is 1. The van der Waals surface area contributed by atoms with Crippen molar-refractivity contribution in [1.82, 2.24) is 4.98 Å². The minimum atomic E-state index is -5.12. The zero-order valence-electron chi connectivity index (χ0n) is 8.84. The summed E-state index contributed by atoms with van der Waals surface area (Å²) in [4.78, 5) is 13.8. The zero-order valence-corrected chi connectivity index (χ0v) is 11.0. The first-order chi connectivity index (χ1) is 8.61. The molecule has 0 aromatic carbocycles. The number of halogens is 6. The molecule has 0 saturated carbocycles. The highest BCUT2D eigenvalue weighted by atomic mass is 127. The van der Waals surface area contributed by atoms with E-state index in [0.717, 1.165) is 0 Å². The lowest BCUT2D eigenvalue weighted by Gasteiger charge is -2.15. The molecule has 10 heteroatoms. The fraction of sp³-hybridized carbons (Fsp3) is 0.333. The highest BCUT2D eigenvalue weighted by molar-refractivity contribution is 14.1. The molecule has 0 spiro atoms. The Bertz CT molecular complexity index is 491. The number of alkyl halides is 5. The Labute approximate surface area is 116 Å². The van der Waals surface area contributed by atoms with Crippen molar-refractivity contribution in [3.8, 4) is 5.75 Å². The van der Waals surface area contributed by atoms with Crippen LogP contribution in [0.4, 0.5) is 22.0 Å². The largest absolute Gasteiger partial charge is 0.573 e. The van der Waals surface area contributed by atoms with E-state index in [1.54, 1.807) is 0 Å². The van der Waals surface area contributed by atoms with Gasteiger partial charge in [-0.25, -0.2) is 8.78 Å². The molecule has 0 aliphatic carbocycles. The van der Waals surface area contributed by atoms with Gasteiger partial charge in [-0.05, 0) is 22.6 Å². The number of carboxylic acids is 1. The number of pyridine rings is 1. The van der Waals surface area contributed by atoms with E-state index in [0.29, 0.717) is 6.20 Å². The second-order valence-corrected chi connectivity index (χ2v) is 4.31. The molecule has 0 atom stereocenters. The lowest BCUT2D eigenvalue weighted by molar-refractivity contribution is -0.275. The van der Waals surface area contributed by atoms with Crippen molar-refractivity contribution in [1.29, 1.82) is 0 Å². The first-order valence-corrected chi connectivity index (χ1v) is 5.62. The summed E-state index contributed by atoms with van der Waals surface area (Å²) in [6.07, 6.45) is -8.40. The number of aromatic nitrogens is 1. The summed E-state index contributed by atoms with van der Waals surface area (Å²) in [7, 11) is 0. The van der Waals surface area contributed by atoms with Crippen LogP contribution in [0.1, 0.15) is 17.7 Å². The number of rotatable bonds is 4. The van der Waals surface area contributed by atoms with Crippen LogP contribution < -0.4 is 4.74 Å². The second kappa shape index (κ2) is 5.84. The number of carbonyl (C=O) groups is 1. The van der Waals surface area contributed by atoms with Crippen molar-refractivity contribution in [3.05, 3.63) is 21.0 Å². The zero-order chi connectivity index (χ0) is 14.8. The SMILES string of the molecule is O=C(O)Cc1cnc(C(F)F)c(I)c1OC(F)(F)F. The maximum atomic E-state index is 12.5. The molecule has 106 valence electrons. The molecule has 4 nitrogen and oxygen atoms in total. The monoisotopic (exact) mass is 397 g/mol. The second-order valence-electron chi connectivity index (χ2n) is 3.23. The Kier molecular flexibility index (Phi) is 4.87. The maximum Gasteiger partial charge on any atom is 0.573 e. The molecule has 19 heavy (non-hydrogen) atoms. The number of hydrogen-bond donors (Lipinski definition) is 1. The van der Waals surface area contributed by atoms with Gasteiger partial charge < -0.3 is 9.84 Å². The molecule has 0 saturated heterocycles. The van der Waals surface area contributed by atoms with Crippen LogP contribution in [0.2, 0.25) is 0 Å². The fourth-order valence-corrected chi connectivity index (χ4v) is 2.02. The molecule has 1 aromatic heterocycles. The molecule has 0 fully saturated rings. The molecule has 0 aliphatic rings. The third-order valence-electron chi connectivity index (χ3n) is 1.84. The van der Waals surface area contributed by atoms with E-state index in [9.17, 15) is 26.7 Å². The highest BCUT2D eigenvalue weighted by Gasteiger charge is 2.34. The molecule has 1 N–H and O–H groups in total. The average Bonchev–Trinajstić information content (AvgIpc) is 2.20. The van der Waals surface area contributed by atoms with Gasteiger partial charge in [-0.3, -0.25) is 9.78 Å². The minimum Gasteiger partial charge on any atom is -0.481 e. The highest BCUT2D eigenvalue weighted by Crippen LogP contribution is 2.35. The lowest BCUT2D eigenvalue weighted by atomic mass is 10.1. The van der Waals surface area contributed by atoms with Crippen LogP contribution in [0.25, 0.3) is 0 Å². The summed E-state index contributed by atoms with van der Waals surface area (Å²) in [5.41, 5.74) is -1.33. The van der Waals surface area contributed by atoms with Crippen molar-refractivity contribution in [2.45, 2.75) is 19.2 Å². The van der Waals surface area contributed by atoms with Crippen LogP contribution >= 0.6 is 22.6 Å². The summed E-state index contributed by atoms with van der Waals surface area (Å²) >= 11 is 1.21. The standard InChI is InChI=1S/C9H5F5INO3/c10-8(11)6-5(15)7(19-9(12,13)14)3(2-16-6)1-4(17)18/h2,8H,1H2,(H,17,18). The first kappa shape index (κ1) is 15.9. The van der Waals surface area contributed by atoms with E-state index in [1.807, 2.05) is 0 Å². The van der Waals surface area contributed by atoms with Crippen molar-refractivity contribution < 1.29 is 36.6 Å². The summed E-state index contributed by atoms with van der Waals surface area (Å²) in [5, 5.41) is 8.54. The molecule has 1 rings (SSSR count). The van der Waals surface area contributed by atoms with E-state index >= 15 is 0 Å². The molecule has 0 aliphatic heterocycles.